The van der Waals surface area contributed by atoms with Gasteiger partial charge >= 0.3 is 0 Å². The van der Waals surface area contributed by atoms with Crippen LogP contribution in [0.3, 0.4) is 0 Å². The summed E-state index contributed by atoms with van der Waals surface area (Å²) in [6, 6.07) is 6.97. The summed E-state index contributed by atoms with van der Waals surface area (Å²) in [5.41, 5.74) is 2.46. The van der Waals surface area contributed by atoms with E-state index < -0.39 is 0 Å². The summed E-state index contributed by atoms with van der Waals surface area (Å²) in [7, 11) is 0. The van der Waals surface area contributed by atoms with Gasteiger partial charge in [0, 0.05) is 17.6 Å². The van der Waals surface area contributed by atoms with Gasteiger partial charge in [-0.15, -0.1) is 0 Å². The van der Waals surface area contributed by atoms with E-state index in [1.807, 2.05) is 6.92 Å². The van der Waals surface area contributed by atoms with Crippen LogP contribution in [0.5, 0.6) is 5.75 Å². The maximum atomic E-state index is 9.48. The van der Waals surface area contributed by atoms with E-state index in [4.69, 9.17) is 4.74 Å². The first-order valence-corrected chi connectivity index (χ1v) is 7.24. The van der Waals surface area contributed by atoms with Gasteiger partial charge in [-0.3, -0.25) is 0 Å². The quantitative estimate of drug-likeness (QED) is 0.877. The number of aryl methyl sites for hydroxylation is 1. The fraction of sp³-hybridized carbons (Fsp3) is 0.625. The van der Waals surface area contributed by atoms with Crippen molar-refractivity contribution in [3.63, 3.8) is 0 Å². The lowest BCUT2D eigenvalue weighted by molar-refractivity contribution is 0.167. The van der Waals surface area contributed by atoms with Crippen LogP contribution in [0.4, 0.5) is 0 Å². The number of benzene rings is 1. The molecule has 3 atom stereocenters. The minimum Gasteiger partial charge on any atom is -0.493 e. The fourth-order valence-corrected chi connectivity index (χ4v) is 2.86. The first kappa shape index (κ1) is 14.4. The Morgan fingerprint density at radius 1 is 1.42 bits per heavy atom. The number of hydrogen-bond donors (Lipinski definition) is 2. The van der Waals surface area contributed by atoms with Crippen LogP contribution in [0.25, 0.3) is 0 Å². The van der Waals surface area contributed by atoms with Gasteiger partial charge in [0.15, 0.2) is 0 Å². The van der Waals surface area contributed by atoms with Crippen molar-refractivity contribution in [1.29, 1.82) is 0 Å². The van der Waals surface area contributed by atoms with E-state index in [9.17, 15) is 5.11 Å². The Balaban J connectivity index is 2.15. The van der Waals surface area contributed by atoms with Gasteiger partial charge in [0.25, 0.3) is 0 Å². The second-order valence-electron chi connectivity index (χ2n) is 5.69. The third-order valence-electron chi connectivity index (χ3n) is 3.68. The smallest absolute Gasteiger partial charge is 0.126 e. The van der Waals surface area contributed by atoms with Crippen LogP contribution >= 0.6 is 0 Å². The Bertz CT molecular complexity index is 417. The molecule has 0 spiro atoms. The summed E-state index contributed by atoms with van der Waals surface area (Å²) in [6.07, 6.45) is 2.66. The molecular formula is C16H25NO2. The lowest BCUT2D eigenvalue weighted by Gasteiger charge is -2.24. The number of aliphatic hydroxyl groups excluding tert-OH is 1. The fourth-order valence-electron chi connectivity index (χ4n) is 2.86. The molecule has 0 saturated heterocycles. The normalized spacial score (nSPS) is 22.0. The second-order valence-corrected chi connectivity index (χ2v) is 5.69. The average Bonchev–Trinajstić information content (AvgIpc) is 2.52. The number of hydrogen-bond acceptors (Lipinski definition) is 3. The van der Waals surface area contributed by atoms with Gasteiger partial charge in [-0.05, 0) is 45.6 Å². The van der Waals surface area contributed by atoms with Gasteiger partial charge in [0.2, 0.25) is 0 Å². The second kappa shape index (κ2) is 6.40. The molecule has 0 aromatic heterocycles. The Hall–Kier alpha value is -1.06. The largest absolute Gasteiger partial charge is 0.493 e. The number of rotatable bonds is 4. The van der Waals surface area contributed by atoms with Crippen LogP contribution in [0.15, 0.2) is 18.2 Å². The maximum absolute atomic E-state index is 9.48. The van der Waals surface area contributed by atoms with Gasteiger partial charge in [-0.25, -0.2) is 0 Å². The first-order valence-electron chi connectivity index (χ1n) is 7.24. The molecule has 0 aliphatic carbocycles. The standard InChI is InChI=1S/C16H25NO2/c1-11-6-4-7-14-15(8-5-9-19-16(11)14)17-12(2)10-13(3)18/h4,6-7,12-13,15,17-18H,5,8-10H2,1-3H3. The number of para-hydroxylation sites is 1. The highest BCUT2D eigenvalue weighted by Gasteiger charge is 2.22. The zero-order valence-corrected chi connectivity index (χ0v) is 12.1. The lowest BCUT2D eigenvalue weighted by Crippen LogP contribution is -2.32. The molecular weight excluding hydrogens is 238 g/mol. The molecule has 1 aromatic carbocycles. The summed E-state index contributed by atoms with van der Waals surface area (Å²) < 4.78 is 5.88. The monoisotopic (exact) mass is 263 g/mol. The van der Waals surface area contributed by atoms with E-state index in [1.54, 1.807) is 0 Å². The predicted octanol–water partition coefficient (Wildman–Crippen LogP) is 2.96. The Labute approximate surface area is 116 Å². The van der Waals surface area contributed by atoms with Gasteiger partial charge < -0.3 is 15.2 Å². The molecule has 3 unspecified atom stereocenters. The third kappa shape index (κ3) is 3.71. The lowest BCUT2D eigenvalue weighted by atomic mass is 9.98. The SMILES string of the molecule is Cc1cccc2c1OCCCC2NC(C)CC(C)O. The Morgan fingerprint density at radius 3 is 2.95 bits per heavy atom. The highest BCUT2D eigenvalue weighted by Crippen LogP contribution is 2.34. The molecule has 3 heteroatoms. The number of nitrogens with one attached hydrogen (secondary N) is 1. The molecule has 2 rings (SSSR count). The van der Waals surface area contributed by atoms with Crippen LogP contribution in [-0.2, 0) is 0 Å². The number of ether oxygens (including phenoxy) is 1. The summed E-state index contributed by atoms with van der Waals surface area (Å²) in [6.45, 7) is 6.86. The molecule has 0 saturated carbocycles. The van der Waals surface area contributed by atoms with E-state index in [0.717, 1.165) is 31.6 Å². The topological polar surface area (TPSA) is 41.5 Å². The van der Waals surface area contributed by atoms with Crippen molar-refractivity contribution < 1.29 is 9.84 Å². The van der Waals surface area contributed by atoms with Gasteiger partial charge in [-0.2, -0.15) is 0 Å². The first-order chi connectivity index (χ1) is 9.08. The molecule has 0 bridgehead atoms. The van der Waals surface area contributed by atoms with Crippen LogP contribution in [0, 0.1) is 6.92 Å². The number of aliphatic hydroxyl groups is 1. The molecule has 1 aliphatic heterocycles. The van der Waals surface area contributed by atoms with Crippen LogP contribution < -0.4 is 10.1 Å². The summed E-state index contributed by atoms with van der Waals surface area (Å²) >= 11 is 0. The van der Waals surface area contributed by atoms with Gasteiger partial charge in [-0.1, -0.05) is 18.2 Å². The van der Waals surface area contributed by atoms with Crippen molar-refractivity contribution in [1.82, 2.24) is 5.32 Å². The number of fused-ring (bicyclic) bond motifs is 1. The van der Waals surface area contributed by atoms with Crippen LogP contribution in [0.1, 0.15) is 50.3 Å². The van der Waals surface area contributed by atoms with Crippen molar-refractivity contribution in [2.24, 2.45) is 0 Å². The van der Waals surface area contributed by atoms with Crippen molar-refractivity contribution in [3.05, 3.63) is 29.3 Å². The molecule has 1 aromatic rings. The van der Waals surface area contributed by atoms with E-state index in [2.05, 4.69) is 37.4 Å². The van der Waals surface area contributed by atoms with Crippen molar-refractivity contribution >= 4 is 0 Å². The Kier molecular flexibility index (Phi) is 4.83. The highest BCUT2D eigenvalue weighted by atomic mass is 16.5. The predicted molar refractivity (Wildman–Crippen MR) is 77.5 cm³/mol. The van der Waals surface area contributed by atoms with Crippen LogP contribution in [0.2, 0.25) is 0 Å². The van der Waals surface area contributed by atoms with Crippen molar-refractivity contribution in [2.45, 2.75) is 58.2 Å². The summed E-state index contributed by atoms with van der Waals surface area (Å²) in [5.74, 6) is 1.04. The molecule has 0 amide bonds. The molecule has 2 N–H and O–H groups in total. The van der Waals surface area contributed by atoms with Gasteiger partial charge in [0.1, 0.15) is 5.75 Å². The zero-order valence-electron chi connectivity index (χ0n) is 12.1. The Morgan fingerprint density at radius 2 is 2.21 bits per heavy atom. The summed E-state index contributed by atoms with van der Waals surface area (Å²) in [5, 5.41) is 13.1. The average molecular weight is 263 g/mol. The van der Waals surface area contributed by atoms with Gasteiger partial charge in [0.05, 0.1) is 12.7 Å². The molecule has 0 radical (unpaired) electrons. The van der Waals surface area contributed by atoms with E-state index >= 15 is 0 Å². The minimum atomic E-state index is -0.262. The molecule has 1 aliphatic rings. The van der Waals surface area contributed by atoms with Crippen molar-refractivity contribution in [3.8, 4) is 5.75 Å². The molecule has 0 fully saturated rings. The minimum absolute atomic E-state index is 0.262. The van der Waals surface area contributed by atoms with E-state index in [-0.39, 0.29) is 6.10 Å². The zero-order chi connectivity index (χ0) is 13.8. The highest BCUT2D eigenvalue weighted by molar-refractivity contribution is 5.43. The van der Waals surface area contributed by atoms with Crippen molar-refractivity contribution in [2.75, 3.05) is 6.61 Å². The molecule has 19 heavy (non-hydrogen) atoms. The molecule has 1 heterocycles. The summed E-state index contributed by atoms with van der Waals surface area (Å²) in [4.78, 5) is 0. The maximum Gasteiger partial charge on any atom is 0.126 e. The molecule has 106 valence electrons. The molecule has 3 nitrogen and oxygen atoms in total. The van der Waals surface area contributed by atoms with Crippen LogP contribution in [-0.4, -0.2) is 23.9 Å². The van der Waals surface area contributed by atoms with E-state index in [1.165, 1.54) is 11.1 Å². The van der Waals surface area contributed by atoms with E-state index in [0.29, 0.717) is 12.1 Å². The third-order valence-corrected chi connectivity index (χ3v) is 3.68.